The Bertz CT molecular complexity index is 1110. The summed E-state index contributed by atoms with van der Waals surface area (Å²) in [4.78, 5) is 62.3. The Hall–Kier alpha value is -4.05. The van der Waals surface area contributed by atoms with E-state index >= 15 is 0 Å². The van der Waals surface area contributed by atoms with Crippen LogP contribution in [0.1, 0.15) is 54.8 Å². The van der Waals surface area contributed by atoms with Crippen LogP contribution in [0.2, 0.25) is 0 Å². The molecule has 1 aliphatic rings. The molecule has 1 N–H and O–H groups in total. The summed E-state index contributed by atoms with van der Waals surface area (Å²) < 4.78 is 14.9. The van der Waals surface area contributed by atoms with Crippen molar-refractivity contribution in [1.82, 2.24) is 4.90 Å². The third-order valence-corrected chi connectivity index (χ3v) is 4.95. The van der Waals surface area contributed by atoms with E-state index in [1.165, 1.54) is 49.6 Å². The van der Waals surface area contributed by atoms with E-state index in [9.17, 15) is 24.0 Å². The Labute approximate surface area is 195 Å². The van der Waals surface area contributed by atoms with E-state index in [1.54, 1.807) is 6.92 Å². The minimum atomic E-state index is -0.811. The number of anilines is 1. The molecule has 10 nitrogen and oxygen atoms in total. The van der Waals surface area contributed by atoms with Gasteiger partial charge in [0.2, 0.25) is 0 Å². The minimum Gasteiger partial charge on any atom is -0.462 e. The van der Waals surface area contributed by atoms with E-state index in [-0.39, 0.29) is 29.8 Å². The summed E-state index contributed by atoms with van der Waals surface area (Å²) in [7, 11) is 1.53. The molecule has 1 heterocycles. The van der Waals surface area contributed by atoms with Crippen molar-refractivity contribution < 1.29 is 38.2 Å². The van der Waals surface area contributed by atoms with Gasteiger partial charge in [-0.2, -0.15) is 0 Å². The first-order chi connectivity index (χ1) is 16.3. The van der Waals surface area contributed by atoms with Crippen LogP contribution >= 0.6 is 0 Å². The SMILES string of the molecule is CCOC(=O)c1ccc(NC(=O)COC(=O)c2ccc3c(c2)C(=O)N(CCCOC)C3=O)cc1. The molecule has 0 spiro atoms. The number of ether oxygens (including phenoxy) is 3. The fourth-order valence-electron chi connectivity index (χ4n) is 3.30. The van der Waals surface area contributed by atoms with Gasteiger partial charge in [0.1, 0.15) is 0 Å². The van der Waals surface area contributed by atoms with Crippen LogP contribution in [0, 0.1) is 0 Å². The molecule has 3 rings (SSSR count). The van der Waals surface area contributed by atoms with E-state index in [0.717, 1.165) is 4.90 Å². The van der Waals surface area contributed by atoms with E-state index < -0.39 is 36.3 Å². The quantitative estimate of drug-likeness (QED) is 0.320. The Balaban J connectivity index is 1.56. The van der Waals surface area contributed by atoms with Crippen LogP contribution in [0.15, 0.2) is 42.5 Å². The number of methoxy groups -OCH3 is 1. The Kier molecular flexibility index (Phi) is 8.10. The highest BCUT2D eigenvalue weighted by Crippen LogP contribution is 2.24. The van der Waals surface area contributed by atoms with Crippen molar-refractivity contribution in [3.8, 4) is 0 Å². The minimum absolute atomic E-state index is 0.0465. The highest BCUT2D eigenvalue weighted by molar-refractivity contribution is 6.22. The van der Waals surface area contributed by atoms with Crippen LogP contribution in [0.4, 0.5) is 5.69 Å². The third-order valence-electron chi connectivity index (χ3n) is 4.95. The Morgan fingerprint density at radius 3 is 2.21 bits per heavy atom. The molecule has 2 aromatic carbocycles. The molecule has 3 amide bonds. The van der Waals surface area contributed by atoms with Crippen LogP contribution in [-0.2, 0) is 19.0 Å². The number of fused-ring (bicyclic) bond motifs is 1. The molecule has 0 atom stereocenters. The second-order valence-corrected chi connectivity index (χ2v) is 7.29. The van der Waals surface area contributed by atoms with Gasteiger partial charge in [0.25, 0.3) is 17.7 Å². The first-order valence-corrected chi connectivity index (χ1v) is 10.6. The smallest absolute Gasteiger partial charge is 0.338 e. The van der Waals surface area contributed by atoms with Crippen LogP contribution in [0.3, 0.4) is 0 Å². The zero-order chi connectivity index (χ0) is 24.7. The van der Waals surface area contributed by atoms with Crippen molar-refractivity contribution in [2.45, 2.75) is 13.3 Å². The zero-order valence-corrected chi connectivity index (χ0v) is 18.8. The topological polar surface area (TPSA) is 128 Å². The molecule has 2 aromatic rings. The number of hydrogen-bond acceptors (Lipinski definition) is 8. The predicted molar refractivity (Wildman–Crippen MR) is 120 cm³/mol. The summed E-state index contributed by atoms with van der Waals surface area (Å²) in [6.07, 6.45) is 0.498. The summed E-state index contributed by atoms with van der Waals surface area (Å²) in [5.74, 6) is -2.79. The predicted octanol–water partition coefficient (Wildman–Crippen LogP) is 2.29. The van der Waals surface area contributed by atoms with Gasteiger partial charge in [-0.3, -0.25) is 19.3 Å². The van der Waals surface area contributed by atoms with Gasteiger partial charge in [0.05, 0.1) is 28.9 Å². The summed E-state index contributed by atoms with van der Waals surface area (Å²) >= 11 is 0. The van der Waals surface area contributed by atoms with Gasteiger partial charge in [-0.25, -0.2) is 9.59 Å². The average molecular weight is 468 g/mol. The monoisotopic (exact) mass is 468 g/mol. The van der Waals surface area contributed by atoms with Gasteiger partial charge in [0.15, 0.2) is 6.61 Å². The maximum Gasteiger partial charge on any atom is 0.338 e. The van der Waals surface area contributed by atoms with Crippen molar-refractivity contribution in [2.75, 3.05) is 38.8 Å². The lowest BCUT2D eigenvalue weighted by Gasteiger charge is -2.12. The highest BCUT2D eigenvalue weighted by atomic mass is 16.5. The third kappa shape index (κ3) is 5.65. The van der Waals surface area contributed by atoms with Crippen molar-refractivity contribution in [3.63, 3.8) is 0 Å². The molecule has 1 aliphatic heterocycles. The Morgan fingerprint density at radius 2 is 1.53 bits per heavy atom. The summed E-state index contributed by atoms with van der Waals surface area (Å²) in [5.41, 5.74) is 1.12. The summed E-state index contributed by atoms with van der Waals surface area (Å²) in [5, 5.41) is 2.55. The molecular weight excluding hydrogens is 444 g/mol. The van der Waals surface area contributed by atoms with E-state index in [4.69, 9.17) is 14.2 Å². The number of nitrogens with one attached hydrogen (secondary N) is 1. The lowest BCUT2D eigenvalue weighted by Crippen LogP contribution is -2.31. The molecule has 0 radical (unpaired) electrons. The second kappa shape index (κ2) is 11.2. The first-order valence-electron chi connectivity index (χ1n) is 10.6. The number of nitrogens with zero attached hydrogens (tertiary/aromatic N) is 1. The highest BCUT2D eigenvalue weighted by Gasteiger charge is 2.35. The number of benzene rings is 2. The first kappa shape index (κ1) is 24.6. The molecule has 0 aliphatic carbocycles. The van der Waals surface area contributed by atoms with Crippen molar-refractivity contribution in [1.29, 1.82) is 0 Å². The van der Waals surface area contributed by atoms with Crippen molar-refractivity contribution in [3.05, 3.63) is 64.7 Å². The number of rotatable bonds is 10. The number of imide groups is 1. The summed E-state index contributed by atoms with van der Waals surface area (Å²) in [6, 6.07) is 10.1. The van der Waals surface area contributed by atoms with E-state index in [2.05, 4.69) is 5.32 Å². The van der Waals surface area contributed by atoms with Gasteiger partial charge in [-0.15, -0.1) is 0 Å². The molecule has 10 heteroatoms. The fraction of sp³-hybridized carbons (Fsp3) is 0.292. The van der Waals surface area contributed by atoms with Gasteiger partial charge >= 0.3 is 11.9 Å². The van der Waals surface area contributed by atoms with E-state index in [1.807, 2.05) is 0 Å². The van der Waals surface area contributed by atoms with E-state index in [0.29, 0.717) is 24.3 Å². The molecule has 0 bridgehead atoms. The number of hydrogen-bond donors (Lipinski definition) is 1. The lowest BCUT2D eigenvalue weighted by atomic mass is 10.1. The number of carbonyl (C=O) groups is 5. The zero-order valence-electron chi connectivity index (χ0n) is 18.8. The maximum atomic E-state index is 12.6. The molecule has 0 saturated heterocycles. The maximum absolute atomic E-state index is 12.6. The van der Waals surface area contributed by atoms with Crippen molar-refractivity contribution >= 4 is 35.3 Å². The van der Waals surface area contributed by atoms with Crippen LogP contribution in [0.25, 0.3) is 0 Å². The van der Waals surface area contributed by atoms with Gasteiger partial charge in [-0.1, -0.05) is 0 Å². The normalized spacial score (nSPS) is 12.4. The van der Waals surface area contributed by atoms with Crippen molar-refractivity contribution in [2.24, 2.45) is 0 Å². The molecular formula is C24H24N2O8. The molecule has 0 fully saturated rings. The van der Waals surface area contributed by atoms with Crippen LogP contribution in [-0.4, -0.2) is 68.0 Å². The number of esters is 2. The molecule has 34 heavy (non-hydrogen) atoms. The molecule has 0 saturated carbocycles. The van der Waals surface area contributed by atoms with Gasteiger partial charge in [-0.05, 0) is 55.8 Å². The standard InChI is InChI=1S/C24H24N2O8/c1-3-33-23(30)15-5-8-17(9-6-15)25-20(27)14-34-24(31)16-7-10-18-19(13-16)22(29)26(21(18)28)11-4-12-32-2/h5-10,13H,3-4,11-12,14H2,1-2H3,(H,25,27). The van der Waals surface area contributed by atoms with Gasteiger partial charge < -0.3 is 19.5 Å². The lowest BCUT2D eigenvalue weighted by molar-refractivity contribution is -0.119. The fourth-order valence-corrected chi connectivity index (χ4v) is 3.30. The molecule has 178 valence electrons. The molecule has 0 unspecified atom stereocenters. The summed E-state index contributed by atoms with van der Waals surface area (Å²) in [6.45, 7) is 2.01. The largest absolute Gasteiger partial charge is 0.462 e. The average Bonchev–Trinajstić information content (AvgIpc) is 3.07. The van der Waals surface area contributed by atoms with Crippen LogP contribution in [0.5, 0.6) is 0 Å². The Morgan fingerprint density at radius 1 is 0.882 bits per heavy atom. The van der Waals surface area contributed by atoms with Gasteiger partial charge in [0, 0.05) is 25.9 Å². The second-order valence-electron chi connectivity index (χ2n) is 7.29. The van der Waals surface area contributed by atoms with Crippen LogP contribution < -0.4 is 5.32 Å². The molecule has 0 aromatic heterocycles. The number of amides is 3. The number of carbonyl (C=O) groups excluding carboxylic acids is 5.